The molecule has 5 heteroatoms. The molecular weight excluding hydrogens is 298 g/mol. The van der Waals surface area contributed by atoms with Crippen LogP contribution in [0, 0.1) is 0 Å². The fourth-order valence-corrected chi connectivity index (χ4v) is 2.30. The summed E-state index contributed by atoms with van der Waals surface area (Å²) in [5.41, 5.74) is 2.73. The quantitative estimate of drug-likeness (QED) is 0.724. The number of carbonyl (C=O) groups excluding carboxylic acids is 1. The van der Waals surface area contributed by atoms with E-state index in [2.05, 4.69) is 15.3 Å². The first kappa shape index (κ1) is 14.4. The van der Waals surface area contributed by atoms with Gasteiger partial charge in [0.1, 0.15) is 5.82 Å². The van der Waals surface area contributed by atoms with E-state index in [0.717, 1.165) is 22.4 Å². The van der Waals surface area contributed by atoms with Gasteiger partial charge in [-0.15, -0.1) is 0 Å². The third-order valence-electron chi connectivity index (χ3n) is 3.14. The van der Waals surface area contributed by atoms with Crippen LogP contribution in [0.25, 0.3) is 17.1 Å². The SMILES string of the molecule is O=C(C=Cc1cccc(Cl)c1)NCc1nc2ccccc2[nH]1. The van der Waals surface area contributed by atoms with Gasteiger partial charge in [0, 0.05) is 11.1 Å². The normalized spacial score (nSPS) is 11.1. The standard InChI is InChI=1S/C17H14ClN3O/c18-13-5-3-4-12(10-13)8-9-17(22)19-11-16-20-14-6-1-2-7-15(14)21-16/h1-10H,11H2,(H,19,22)(H,20,21). The van der Waals surface area contributed by atoms with Gasteiger partial charge < -0.3 is 10.3 Å². The Morgan fingerprint density at radius 3 is 2.91 bits per heavy atom. The van der Waals surface area contributed by atoms with E-state index in [0.29, 0.717) is 11.6 Å². The molecule has 3 aromatic rings. The second-order valence-electron chi connectivity index (χ2n) is 4.81. The summed E-state index contributed by atoms with van der Waals surface area (Å²) >= 11 is 5.89. The maximum Gasteiger partial charge on any atom is 0.244 e. The summed E-state index contributed by atoms with van der Waals surface area (Å²) in [5, 5.41) is 3.44. The Morgan fingerprint density at radius 2 is 2.09 bits per heavy atom. The number of nitrogens with zero attached hydrogens (tertiary/aromatic N) is 1. The molecule has 1 heterocycles. The van der Waals surface area contributed by atoms with Crippen LogP contribution in [0.5, 0.6) is 0 Å². The van der Waals surface area contributed by atoms with E-state index < -0.39 is 0 Å². The number of rotatable bonds is 4. The zero-order valence-corrected chi connectivity index (χ0v) is 12.5. The van der Waals surface area contributed by atoms with Crippen LogP contribution in [0.15, 0.2) is 54.6 Å². The van der Waals surface area contributed by atoms with Crippen molar-refractivity contribution in [1.29, 1.82) is 0 Å². The Balaban J connectivity index is 1.60. The van der Waals surface area contributed by atoms with Crippen molar-refractivity contribution in [2.24, 2.45) is 0 Å². The minimum atomic E-state index is -0.180. The van der Waals surface area contributed by atoms with Gasteiger partial charge in [-0.05, 0) is 35.9 Å². The lowest BCUT2D eigenvalue weighted by Gasteiger charge is -1.99. The van der Waals surface area contributed by atoms with Crippen LogP contribution in [0.2, 0.25) is 5.02 Å². The number of para-hydroxylation sites is 2. The van der Waals surface area contributed by atoms with Crippen molar-refractivity contribution in [3.8, 4) is 0 Å². The molecule has 0 bridgehead atoms. The Hall–Kier alpha value is -2.59. The number of halogens is 1. The predicted molar refractivity (Wildman–Crippen MR) is 88.4 cm³/mol. The van der Waals surface area contributed by atoms with Gasteiger partial charge in [0.2, 0.25) is 5.91 Å². The first-order chi connectivity index (χ1) is 10.7. The lowest BCUT2D eigenvalue weighted by Crippen LogP contribution is -2.20. The number of hydrogen-bond acceptors (Lipinski definition) is 2. The molecule has 0 saturated carbocycles. The third-order valence-corrected chi connectivity index (χ3v) is 3.38. The maximum absolute atomic E-state index is 11.8. The van der Waals surface area contributed by atoms with Gasteiger partial charge in [-0.1, -0.05) is 35.9 Å². The molecule has 0 aliphatic rings. The molecule has 1 aromatic heterocycles. The topological polar surface area (TPSA) is 57.8 Å². The highest BCUT2D eigenvalue weighted by Crippen LogP contribution is 2.12. The summed E-state index contributed by atoms with van der Waals surface area (Å²) in [6.45, 7) is 0.355. The fraction of sp³-hybridized carbons (Fsp3) is 0.0588. The summed E-state index contributed by atoms with van der Waals surface area (Å²) in [4.78, 5) is 19.4. The van der Waals surface area contributed by atoms with Gasteiger partial charge >= 0.3 is 0 Å². The number of aromatic amines is 1. The minimum Gasteiger partial charge on any atom is -0.345 e. The van der Waals surface area contributed by atoms with E-state index in [1.54, 1.807) is 18.2 Å². The van der Waals surface area contributed by atoms with Crippen LogP contribution < -0.4 is 5.32 Å². The lowest BCUT2D eigenvalue weighted by molar-refractivity contribution is -0.116. The van der Waals surface area contributed by atoms with Gasteiger partial charge in [-0.2, -0.15) is 0 Å². The molecule has 0 aliphatic heterocycles. The molecule has 22 heavy (non-hydrogen) atoms. The maximum atomic E-state index is 11.8. The Kier molecular flexibility index (Phi) is 4.21. The lowest BCUT2D eigenvalue weighted by atomic mass is 10.2. The molecule has 0 spiro atoms. The molecule has 110 valence electrons. The van der Waals surface area contributed by atoms with E-state index in [-0.39, 0.29) is 5.91 Å². The van der Waals surface area contributed by atoms with Crippen molar-refractivity contribution in [2.45, 2.75) is 6.54 Å². The van der Waals surface area contributed by atoms with Crippen LogP contribution in [0.4, 0.5) is 0 Å². The number of imidazole rings is 1. The fourth-order valence-electron chi connectivity index (χ4n) is 2.10. The molecule has 0 saturated heterocycles. The number of amides is 1. The highest BCUT2D eigenvalue weighted by atomic mass is 35.5. The van der Waals surface area contributed by atoms with Crippen molar-refractivity contribution in [2.75, 3.05) is 0 Å². The third kappa shape index (κ3) is 3.54. The highest BCUT2D eigenvalue weighted by molar-refractivity contribution is 6.30. The van der Waals surface area contributed by atoms with Crippen molar-refractivity contribution in [3.63, 3.8) is 0 Å². The molecule has 0 radical (unpaired) electrons. The number of benzene rings is 2. The van der Waals surface area contributed by atoms with Crippen molar-refractivity contribution < 1.29 is 4.79 Å². The number of fused-ring (bicyclic) bond motifs is 1. The zero-order valence-electron chi connectivity index (χ0n) is 11.7. The molecule has 2 N–H and O–H groups in total. The average Bonchev–Trinajstić information content (AvgIpc) is 2.94. The van der Waals surface area contributed by atoms with Gasteiger partial charge in [-0.25, -0.2) is 4.98 Å². The molecule has 2 aromatic carbocycles. The monoisotopic (exact) mass is 311 g/mol. The Labute approximate surface area is 132 Å². The summed E-state index contributed by atoms with van der Waals surface area (Å²) in [6, 6.07) is 15.1. The van der Waals surface area contributed by atoms with Gasteiger partial charge in [-0.3, -0.25) is 4.79 Å². The van der Waals surface area contributed by atoms with Crippen LogP contribution >= 0.6 is 11.6 Å². The summed E-state index contributed by atoms with van der Waals surface area (Å²) in [5.74, 6) is 0.547. The van der Waals surface area contributed by atoms with Gasteiger partial charge in [0.05, 0.1) is 17.6 Å². The van der Waals surface area contributed by atoms with Gasteiger partial charge in [0.15, 0.2) is 0 Å². The van der Waals surface area contributed by atoms with E-state index in [1.807, 2.05) is 36.4 Å². The summed E-state index contributed by atoms with van der Waals surface area (Å²) < 4.78 is 0. The zero-order chi connectivity index (χ0) is 15.4. The average molecular weight is 312 g/mol. The molecule has 0 atom stereocenters. The van der Waals surface area contributed by atoms with Crippen molar-refractivity contribution in [3.05, 3.63) is 71.0 Å². The highest BCUT2D eigenvalue weighted by Gasteiger charge is 2.02. The van der Waals surface area contributed by atoms with Crippen molar-refractivity contribution in [1.82, 2.24) is 15.3 Å². The van der Waals surface area contributed by atoms with E-state index in [1.165, 1.54) is 6.08 Å². The molecule has 0 unspecified atom stereocenters. The van der Waals surface area contributed by atoms with Crippen LogP contribution in [-0.2, 0) is 11.3 Å². The molecule has 0 aliphatic carbocycles. The van der Waals surface area contributed by atoms with Crippen LogP contribution in [0.3, 0.4) is 0 Å². The largest absolute Gasteiger partial charge is 0.345 e. The number of H-pyrrole nitrogens is 1. The van der Waals surface area contributed by atoms with E-state index >= 15 is 0 Å². The second kappa shape index (κ2) is 6.45. The molecule has 3 rings (SSSR count). The number of nitrogens with one attached hydrogen (secondary N) is 2. The molecule has 4 nitrogen and oxygen atoms in total. The van der Waals surface area contributed by atoms with E-state index in [4.69, 9.17) is 11.6 Å². The molecule has 1 amide bonds. The van der Waals surface area contributed by atoms with Crippen molar-refractivity contribution >= 4 is 34.6 Å². The first-order valence-corrected chi connectivity index (χ1v) is 7.23. The molecule has 0 fully saturated rings. The number of carbonyl (C=O) groups is 1. The summed E-state index contributed by atoms with van der Waals surface area (Å²) in [7, 11) is 0. The second-order valence-corrected chi connectivity index (χ2v) is 5.24. The number of hydrogen-bond donors (Lipinski definition) is 2. The smallest absolute Gasteiger partial charge is 0.244 e. The summed E-state index contributed by atoms with van der Waals surface area (Å²) in [6.07, 6.45) is 3.20. The molecular formula is C17H14ClN3O. The Morgan fingerprint density at radius 1 is 1.23 bits per heavy atom. The van der Waals surface area contributed by atoms with Crippen LogP contribution in [-0.4, -0.2) is 15.9 Å². The predicted octanol–water partition coefficient (Wildman–Crippen LogP) is 3.55. The van der Waals surface area contributed by atoms with Crippen LogP contribution in [0.1, 0.15) is 11.4 Å². The number of aromatic nitrogens is 2. The van der Waals surface area contributed by atoms with E-state index in [9.17, 15) is 4.79 Å². The first-order valence-electron chi connectivity index (χ1n) is 6.86. The van der Waals surface area contributed by atoms with Gasteiger partial charge in [0.25, 0.3) is 0 Å². The Bertz CT molecular complexity index is 806. The minimum absolute atomic E-state index is 0.180.